The molecule has 1 amide bonds. The molecule has 1 aliphatic rings. The lowest BCUT2D eigenvalue weighted by Gasteiger charge is -2.21. The number of hydrogen-bond donors (Lipinski definition) is 2. The molecule has 2 atom stereocenters. The van der Waals surface area contributed by atoms with Gasteiger partial charge in [0.25, 0.3) is 5.91 Å². The minimum atomic E-state index is 0.0717. The van der Waals surface area contributed by atoms with E-state index < -0.39 is 0 Å². The highest BCUT2D eigenvalue weighted by Crippen LogP contribution is 2.43. The van der Waals surface area contributed by atoms with Crippen LogP contribution in [0.15, 0.2) is 16.5 Å². The molecule has 3 heterocycles. The molecule has 0 radical (unpaired) electrons. The van der Waals surface area contributed by atoms with Crippen molar-refractivity contribution in [2.24, 2.45) is 5.92 Å². The lowest BCUT2D eigenvalue weighted by Crippen LogP contribution is -2.39. The van der Waals surface area contributed by atoms with Crippen LogP contribution in [0.1, 0.15) is 43.1 Å². The molecule has 0 bridgehead atoms. The van der Waals surface area contributed by atoms with Crippen molar-refractivity contribution in [2.45, 2.75) is 43.9 Å². The Morgan fingerprint density at radius 3 is 3.05 bits per heavy atom. The van der Waals surface area contributed by atoms with Crippen LogP contribution < -0.4 is 5.32 Å². The van der Waals surface area contributed by atoms with Crippen molar-refractivity contribution in [3.63, 3.8) is 0 Å². The Labute approximate surface area is 139 Å². The summed E-state index contributed by atoms with van der Waals surface area (Å²) in [7, 11) is 0. The molecule has 2 aromatic heterocycles. The summed E-state index contributed by atoms with van der Waals surface area (Å²) in [5.74, 6) is 1.78. The van der Waals surface area contributed by atoms with Crippen molar-refractivity contribution in [3.05, 3.63) is 23.4 Å². The number of carbonyl (C=O) groups excluding carboxylic acids is 1. The number of thiophene rings is 1. The van der Waals surface area contributed by atoms with Gasteiger partial charge < -0.3 is 5.32 Å². The number of hydrogen-bond acceptors (Lipinski definition) is 4. The smallest absolute Gasteiger partial charge is 0.253 e. The van der Waals surface area contributed by atoms with Crippen molar-refractivity contribution in [1.82, 2.24) is 15.5 Å². The Kier molecular flexibility index (Phi) is 4.59. The predicted molar refractivity (Wildman–Crippen MR) is 92.7 cm³/mol. The Morgan fingerprint density at radius 2 is 2.36 bits per heavy atom. The van der Waals surface area contributed by atoms with Crippen molar-refractivity contribution in [2.75, 3.05) is 5.75 Å². The van der Waals surface area contributed by atoms with E-state index >= 15 is 0 Å². The largest absolute Gasteiger partial charge is 0.349 e. The van der Waals surface area contributed by atoms with Gasteiger partial charge in [-0.15, -0.1) is 23.1 Å². The van der Waals surface area contributed by atoms with Gasteiger partial charge in [-0.05, 0) is 30.9 Å². The van der Waals surface area contributed by atoms with E-state index in [1.807, 2.05) is 17.8 Å². The number of aromatic nitrogens is 2. The lowest BCUT2D eigenvalue weighted by atomic mass is 9.97. The van der Waals surface area contributed by atoms with Gasteiger partial charge in [-0.1, -0.05) is 20.3 Å². The number of thioether (sulfide) groups is 1. The van der Waals surface area contributed by atoms with Crippen LogP contribution in [-0.2, 0) is 6.42 Å². The van der Waals surface area contributed by atoms with Crippen LogP contribution in [0.25, 0.3) is 10.6 Å². The van der Waals surface area contributed by atoms with E-state index in [9.17, 15) is 4.79 Å². The third-order valence-corrected chi connectivity index (χ3v) is 6.90. The molecular weight excluding hydrogens is 314 g/mol. The summed E-state index contributed by atoms with van der Waals surface area (Å²) in [6, 6.07) is 2.16. The second-order valence-electron chi connectivity index (χ2n) is 5.95. The summed E-state index contributed by atoms with van der Waals surface area (Å²) in [4.78, 5) is 13.6. The fourth-order valence-corrected chi connectivity index (χ4v) is 5.31. The topological polar surface area (TPSA) is 57.8 Å². The molecule has 1 aliphatic heterocycles. The molecule has 0 aliphatic carbocycles. The minimum absolute atomic E-state index is 0.0717. The zero-order valence-corrected chi connectivity index (χ0v) is 14.7. The first kappa shape index (κ1) is 15.6. The number of amides is 1. The average molecular weight is 335 g/mol. The Balaban J connectivity index is 2.00. The molecular formula is C16H21N3OS2. The van der Waals surface area contributed by atoms with Crippen LogP contribution in [-0.4, -0.2) is 27.9 Å². The van der Waals surface area contributed by atoms with Crippen molar-refractivity contribution >= 4 is 29.0 Å². The average Bonchev–Trinajstić information content (AvgIpc) is 3.11. The summed E-state index contributed by atoms with van der Waals surface area (Å²) < 4.78 is 1.14. The molecule has 2 aromatic rings. The van der Waals surface area contributed by atoms with Gasteiger partial charge in [0, 0.05) is 18.0 Å². The van der Waals surface area contributed by atoms with E-state index in [2.05, 4.69) is 36.3 Å². The fourth-order valence-electron chi connectivity index (χ4n) is 2.56. The van der Waals surface area contributed by atoms with Gasteiger partial charge in [0.15, 0.2) is 0 Å². The number of carbonyl (C=O) groups is 1. The van der Waals surface area contributed by atoms with Gasteiger partial charge in [0.1, 0.15) is 0 Å². The summed E-state index contributed by atoms with van der Waals surface area (Å²) in [6.45, 7) is 6.52. The predicted octanol–water partition coefficient (Wildman–Crippen LogP) is 3.95. The number of aromatic amines is 1. The van der Waals surface area contributed by atoms with Crippen LogP contribution in [0.4, 0.5) is 0 Å². The van der Waals surface area contributed by atoms with E-state index in [1.165, 1.54) is 10.4 Å². The van der Waals surface area contributed by atoms with Crippen molar-refractivity contribution in [1.29, 1.82) is 0 Å². The van der Waals surface area contributed by atoms with E-state index in [-0.39, 0.29) is 11.9 Å². The van der Waals surface area contributed by atoms with Gasteiger partial charge >= 0.3 is 0 Å². The zero-order valence-electron chi connectivity index (χ0n) is 13.1. The van der Waals surface area contributed by atoms with Gasteiger partial charge in [0.05, 0.1) is 20.3 Å². The SMILES string of the molecule is CCC(C)CSc1sc(-c2ccn[nH]2)c2c1C(=O)N[C@@H](C)C2. The molecule has 0 aromatic carbocycles. The molecule has 118 valence electrons. The molecule has 0 saturated heterocycles. The maximum atomic E-state index is 12.5. The Bertz CT molecular complexity index is 663. The summed E-state index contributed by atoms with van der Waals surface area (Å²) in [6.07, 6.45) is 3.81. The quantitative estimate of drug-likeness (QED) is 0.813. The molecule has 0 spiro atoms. The Hall–Kier alpha value is -1.27. The fraction of sp³-hybridized carbons (Fsp3) is 0.500. The first-order valence-electron chi connectivity index (χ1n) is 7.69. The van der Waals surface area contributed by atoms with Gasteiger partial charge in [-0.3, -0.25) is 9.89 Å². The molecule has 22 heavy (non-hydrogen) atoms. The highest BCUT2D eigenvalue weighted by molar-refractivity contribution is 8.01. The van der Waals surface area contributed by atoms with Gasteiger partial charge in [-0.2, -0.15) is 5.10 Å². The van der Waals surface area contributed by atoms with Crippen LogP contribution in [0.2, 0.25) is 0 Å². The van der Waals surface area contributed by atoms with Crippen LogP contribution in [0.5, 0.6) is 0 Å². The van der Waals surface area contributed by atoms with Gasteiger partial charge in [-0.25, -0.2) is 0 Å². The van der Waals surface area contributed by atoms with Crippen LogP contribution in [0.3, 0.4) is 0 Å². The highest BCUT2D eigenvalue weighted by atomic mass is 32.2. The molecule has 3 rings (SSSR count). The Morgan fingerprint density at radius 1 is 1.55 bits per heavy atom. The van der Waals surface area contributed by atoms with E-state index in [1.54, 1.807) is 17.5 Å². The van der Waals surface area contributed by atoms with Crippen LogP contribution >= 0.6 is 23.1 Å². The molecule has 1 unspecified atom stereocenters. The monoisotopic (exact) mass is 335 g/mol. The summed E-state index contributed by atoms with van der Waals surface area (Å²) in [5.41, 5.74) is 3.08. The van der Waals surface area contributed by atoms with Crippen molar-refractivity contribution in [3.8, 4) is 10.6 Å². The zero-order chi connectivity index (χ0) is 15.7. The number of nitrogens with zero attached hydrogens (tertiary/aromatic N) is 1. The van der Waals surface area contributed by atoms with Gasteiger partial charge in [0.2, 0.25) is 0 Å². The van der Waals surface area contributed by atoms with E-state index in [0.717, 1.165) is 34.1 Å². The minimum Gasteiger partial charge on any atom is -0.349 e. The summed E-state index contributed by atoms with van der Waals surface area (Å²) >= 11 is 3.54. The first-order chi connectivity index (χ1) is 10.6. The highest BCUT2D eigenvalue weighted by Gasteiger charge is 2.30. The molecule has 4 nitrogen and oxygen atoms in total. The third kappa shape index (κ3) is 2.94. The van der Waals surface area contributed by atoms with Crippen molar-refractivity contribution < 1.29 is 4.79 Å². The number of rotatable bonds is 5. The number of H-pyrrole nitrogens is 1. The first-order valence-corrected chi connectivity index (χ1v) is 9.49. The molecule has 6 heteroatoms. The summed E-state index contributed by atoms with van der Waals surface area (Å²) in [5, 5.41) is 10.2. The second kappa shape index (κ2) is 6.46. The molecule has 0 saturated carbocycles. The van der Waals surface area contributed by atoms with E-state index in [0.29, 0.717) is 5.92 Å². The second-order valence-corrected chi connectivity index (χ2v) is 8.25. The molecule has 0 fully saturated rings. The third-order valence-electron chi connectivity index (χ3n) is 4.03. The maximum absolute atomic E-state index is 12.5. The number of nitrogens with one attached hydrogen (secondary N) is 2. The lowest BCUT2D eigenvalue weighted by molar-refractivity contribution is 0.0927. The maximum Gasteiger partial charge on any atom is 0.253 e. The molecule has 2 N–H and O–H groups in total. The normalized spacial score (nSPS) is 18.9. The standard InChI is InChI=1S/C16H21N3OS2/c1-4-9(2)8-21-16-13-11(7-10(3)18-15(13)20)14(22-16)12-5-6-17-19-12/h5-6,9-10H,4,7-8H2,1-3H3,(H,17,19)(H,18,20)/t9?,10-/m0/s1. The number of fused-ring (bicyclic) bond motifs is 1. The van der Waals surface area contributed by atoms with E-state index in [4.69, 9.17) is 0 Å². The van der Waals surface area contributed by atoms with Crippen LogP contribution in [0, 0.1) is 5.92 Å².